The molecule has 1 aliphatic heterocycles. The maximum atomic E-state index is 12.2. The van der Waals surface area contributed by atoms with Crippen LogP contribution in [0.15, 0.2) is 47.1 Å². The Morgan fingerprint density at radius 2 is 1.90 bits per heavy atom. The van der Waals surface area contributed by atoms with E-state index in [1.165, 1.54) is 13.2 Å². The summed E-state index contributed by atoms with van der Waals surface area (Å²) in [4.78, 5) is 28.1. The van der Waals surface area contributed by atoms with E-state index in [0.717, 1.165) is 0 Å². The van der Waals surface area contributed by atoms with Crippen LogP contribution in [0.5, 0.6) is 17.2 Å². The number of hydrogen-bond donors (Lipinski definition) is 0. The Balaban J connectivity index is 1.92. The van der Waals surface area contributed by atoms with E-state index in [1.54, 1.807) is 50.4 Å². The summed E-state index contributed by atoms with van der Waals surface area (Å²) < 4.78 is 20.8. The number of cyclic esters (lactones) is 1. The lowest BCUT2D eigenvalue weighted by Crippen LogP contribution is -2.07. The number of nitrogens with zero attached hydrogens (tertiary/aromatic N) is 1. The highest BCUT2D eigenvalue weighted by Crippen LogP contribution is 2.37. The molecule has 0 aliphatic carbocycles. The third kappa shape index (κ3) is 4.57. The highest BCUT2D eigenvalue weighted by molar-refractivity contribution is 6.32. The van der Waals surface area contributed by atoms with Gasteiger partial charge in [0.15, 0.2) is 17.2 Å². The Kier molecular flexibility index (Phi) is 6.19. The predicted octanol–water partition coefficient (Wildman–Crippen LogP) is 4.02. The van der Waals surface area contributed by atoms with Crippen molar-refractivity contribution in [1.29, 1.82) is 0 Å². The SMILES string of the molecule is CCC(=O)Oc1c(Cl)cc(/C=C2/N=C(c3ccc(OC)cc3)OC2=O)cc1OC. The van der Waals surface area contributed by atoms with Crippen molar-refractivity contribution in [2.24, 2.45) is 4.99 Å². The van der Waals surface area contributed by atoms with E-state index in [1.807, 2.05) is 0 Å². The van der Waals surface area contributed by atoms with Crippen molar-refractivity contribution in [2.75, 3.05) is 14.2 Å². The quantitative estimate of drug-likeness (QED) is 0.402. The number of ether oxygens (including phenoxy) is 4. The van der Waals surface area contributed by atoms with Crippen LogP contribution in [0.2, 0.25) is 5.02 Å². The van der Waals surface area contributed by atoms with Gasteiger partial charge in [0.2, 0.25) is 5.90 Å². The average Bonchev–Trinajstić information content (AvgIpc) is 3.09. The smallest absolute Gasteiger partial charge is 0.363 e. The second-order valence-corrected chi connectivity index (χ2v) is 6.33. The third-order valence-corrected chi connectivity index (χ3v) is 4.30. The first-order valence-corrected chi connectivity index (χ1v) is 9.08. The molecule has 2 aromatic rings. The average molecular weight is 416 g/mol. The molecule has 29 heavy (non-hydrogen) atoms. The first kappa shape index (κ1) is 20.4. The highest BCUT2D eigenvalue weighted by Gasteiger charge is 2.24. The molecule has 0 aromatic heterocycles. The van der Waals surface area contributed by atoms with Crippen LogP contribution in [-0.2, 0) is 14.3 Å². The van der Waals surface area contributed by atoms with Gasteiger partial charge < -0.3 is 18.9 Å². The fraction of sp³-hybridized carbons (Fsp3) is 0.190. The molecule has 3 rings (SSSR count). The van der Waals surface area contributed by atoms with Crippen LogP contribution < -0.4 is 14.2 Å². The lowest BCUT2D eigenvalue weighted by atomic mass is 10.1. The van der Waals surface area contributed by atoms with E-state index < -0.39 is 11.9 Å². The molecule has 0 bridgehead atoms. The van der Waals surface area contributed by atoms with Crippen LogP contribution in [0.3, 0.4) is 0 Å². The van der Waals surface area contributed by atoms with Gasteiger partial charge in [0, 0.05) is 12.0 Å². The van der Waals surface area contributed by atoms with E-state index in [4.69, 9.17) is 30.5 Å². The van der Waals surface area contributed by atoms with E-state index >= 15 is 0 Å². The zero-order valence-electron chi connectivity index (χ0n) is 16.0. The Hall–Kier alpha value is -3.32. The van der Waals surface area contributed by atoms with Crippen molar-refractivity contribution in [1.82, 2.24) is 0 Å². The van der Waals surface area contributed by atoms with Gasteiger partial charge in [-0.2, -0.15) is 0 Å². The number of carbonyl (C=O) groups excluding carboxylic acids is 2. The minimum atomic E-state index is -0.590. The lowest BCUT2D eigenvalue weighted by Gasteiger charge is -2.11. The largest absolute Gasteiger partial charge is 0.497 e. The summed E-state index contributed by atoms with van der Waals surface area (Å²) in [5.41, 5.74) is 1.28. The molecule has 0 radical (unpaired) electrons. The number of aliphatic imine (C=N–C) groups is 1. The van der Waals surface area contributed by atoms with Gasteiger partial charge in [-0.3, -0.25) is 4.79 Å². The molecule has 0 atom stereocenters. The van der Waals surface area contributed by atoms with Crippen LogP contribution in [0, 0.1) is 0 Å². The first-order chi connectivity index (χ1) is 13.9. The molecule has 0 amide bonds. The number of benzene rings is 2. The molecule has 0 spiro atoms. The molecule has 7 nitrogen and oxygen atoms in total. The first-order valence-electron chi connectivity index (χ1n) is 8.70. The molecule has 2 aromatic carbocycles. The minimum absolute atomic E-state index is 0.104. The van der Waals surface area contributed by atoms with Crippen molar-refractivity contribution in [3.63, 3.8) is 0 Å². The van der Waals surface area contributed by atoms with Crippen LogP contribution in [0.25, 0.3) is 6.08 Å². The topological polar surface area (TPSA) is 83.4 Å². The number of carbonyl (C=O) groups is 2. The third-order valence-electron chi connectivity index (χ3n) is 4.02. The van der Waals surface area contributed by atoms with Gasteiger partial charge in [-0.15, -0.1) is 0 Å². The Morgan fingerprint density at radius 1 is 1.17 bits per heavy atom. The van der Waals surface area contributed by atoms with Crippen molar-refractivity contribution in [3.8, 4) is 17.2 Å². The number of hydrogen-bond acceptors (Lipinski definition) is 7. The molecule has 0 saturated heterocycles. The molecule has 8 heteroatoms. The lowest BCUT2D eigenvalue weighted by molar-refractivity contribution is -0.134. The fourth-order valence-electron chi connectivity index (χ4n) is 2.53. The van der Waals surface area contributed by atoms with Gasteiger partial charge in [-0.25, -0.2) is 9.79 Å². The Bertz CT molecular complexity index is 1010. The zero-order chi connectivity index (χ0) is 21.0. The van der Waals surface area contributed by atoms with Crippen molar-refractivity contribution < 1.29 is 28.5 Å². The van der Waals surface area contributed by atoms with Gasteiger partial charge in [0.05, 0.1) is 19.2 Å². The van der Waals surface area contributed by atoms with E-state index in [2.05, 4.69) is 4.99 Å². The molecule has 150 valence electrons. The van der Waals surface area contributed by atoms with Crippen LogP contribution in [0.4, 0.5) is 0 Å². The maximum absolute atomic E-state index is 12.2. The van der Waals surface area contributed by atoms with Gasteiger partial charge in [-0.1, -0.05) is 18.5 Å². The van der Waals surface area contributed by atoms with Crippen molar-refractivity contribution in [3.05, 3.63) is 58.2 Å². The summed E-state index contributed by atoms with van der Waals surface area (Å²) in [5, 5.41) is 0.170. The number of methoxy groups -OCH3 is 2. The van der Waals surface area contributed by atoms with Crippen LogP contribution in [-0.4, -0.2) is 32.1 Å². The van der Waals surface area contributed by atoms with Gasteiger partial charge in [0.25, 0.3) is 0 Å². The van der Waals surface area contributed by atoms with Crippen molar-refractivity contribution in [2.45, 2.75) is 13.3 Å². The van der Waals surface area contributed by atoms with E-state index in [0.29, 0.717) is 16.9 Å². The number of rotatable bonds is 6. The Labute approximate surface area is 172 Å². The number of esters is 2. The Morgan fingerprint density at radius 3 is 2.52 bits per heavy atom. The summed E-state index contributed by atoms with van der Waals surface area (Å²) >= 11 is 6.24. The van der Waals surface area contributed by atoms with Gasteiger partial charge in [-0.05, 0) is 48.0 Å². The van der Waals surface area contributed by atoms with E-state index in [-0.39, 0.29) is 34.5 Å². The summed E-state index contributed by atoms with van der Waals surface area (Å²) in [6, 6.07) is 10.1. The molecule has 0 saturated carbocycles. The summed E-state index contributed by atoms with van der Waals surface area (Å²) in [6.45, 7) is 1.67. The summed E-state index contributed by atoms with van der Waals surface area (Å²) in [6.07, 6.45) is 1.71. The van der Waals surface area contributed by atoms with Crippen molar-refractivity contribution >= 4 is 35.5 Å². The molecule has 1 heterocycles. The molecule has 0 unspecified atom stereocenters. The highest BCUT2D eigenvalue weighted by atomic mass is 35.5. The fourth-order valence-corrected chi connectivity index (χ4v) is 2.79. The number of halogens is 1. The molecule has 0 fully saturated rings. The molecule has 1 aliphatic rings. The predicted molar refractivity (Wildman–Crippen MR) is 108 cm³/mol. The molecular formula is C21H18ClNO6. The van der Waals surface area contributed by atoms with Gasteiger partial charge in [0.1, 0.15) is 5.75 Å². The second kappa shape index (κ2) is 8.79. The minimum Gasteiger partial charge on any atom is -0.497 e. The van der Waals surface area contributed by atoms with Gasteiger partial charge >= 0.3 is 11.9 Å². The monoisotopic (exact) mass is 415 g/mol. The second-order valence-electron chi connectivity index (χ2n) is 5.93. The van der Waals surface area contributed by atoms with E-state index in [9.17, 15) is 9.59 Å². The molecular weight excluding hydrogens is 398 g/mol. The zero-order valence-corrected chi connectivity index (χ0v) is 16.8. The maximum Gasteiger partial charge on any atom is 0.363 e. The normalized spacial score (nSPS) is 14.4. The summed E-state index contributed by atoms with van der Waals surface area (Å²) in [5.74, 6) is 0.226. The molecule has 0 N–H and O–H groups in total. The van der Waals surface area contributed by atoms with Crippen LogP contribution in [0.1, 0.15) is 24.5 Å². The standard InChI is InChI=1S/C21H18ClNO6/c1-4-18(24)28-19-15(22)9-12(11-17(19)27-3)10-16-21(25)29-20(23-16)13-5-7-14(26-2)8-6-13/h5-11H,4H2,1-3H3/b16-10+. The van der Waals surface area contributed by atoms with Crippen LogP contribution >= 0.6 is 11.6 Å². The summed E-state index contributed by atoms with van der Waals surface area (Å²) in [7, 11) is 2.99.